The third-order valence-corrected chi connectivity index (χ3v) is 4.20. The van der Waals surface area contributed by atoms with Crippen LogP contribution in [-0.2, 0) is 4.74 Å². The Morgan fingerprint density at radius 1 is 0.619 bits per heavy atom. The molecular formula is C19H42NO+. The van der Waals surface area contributed by atoms with Crippen LogP contribution < -0.4 is 0 Å². The van der Waals surface area contributed by atoms with E-state index >= 15 is 0 Å². The molecule has 0 aromatic rings. The molecule has 0 radical (unpaired) electrons. The first kappa shape index (κ1) is 20.9. The van der Waals surface area contributed by atoms with E-state index < -0.39 is 0 Å². The Balaban J connectivity index is 3.34. The lowest BCUT2D eigenvalue weighted by atomic mass is 10.1. The highest BCUT2D eigenvalue weighted by Gasteiger charge is 2.13. The SMILES string of the molecule is CCCCCCCCCC[N+](C)(C)COCCCCCC. The summed E-state index contributed by atoms with van der Waals surface area (Å²) < 4.78 is 6.86. The normalized spacial score (nSPS) is 12.0. The summed E-state index contributed by atoms with van der Waals surface area (Å²) >= 11 is 0. The van der Waals surface area contributed by atoms with Gasteiger partial charge in [0.25, 0.3) is 0 Å². The minimum Gasteiger partial charge on any atom is -0.332 e. The third kappa shape index (κ3) is 16.1. The highest BCUT2D eigenvalue weighted by molar-refractivity contribution is 4.46. The van der Waals surface area contributed by atoms with Gasteiger partial charge in [0.1, 0.15) is 0 Å². The Labute approximate surface area is 134 Å². The number of hydrogen-bond donors (Lipinski definition) is 0. The van der Waals surface area contributed by atoms with E-state index in [9.17, 15) is 0 Å². The zero-order chi connectivity index (χ0) is 15.8. The van der Waals surface area contributed by atoms with Crippen molar-refractivity contribution in [3.8, 4) is 0 Å². The van der Waals surface area contributed by atoms with Crippen LogP contribution in [-0.4, -0.2) is 38.5 Å². The first-order valence-electron chi connectivity index (χ1n) is 9.52. The van der Waals surface area contributed by atoms with E-state index in [1.54, 1.807) is 0 Å². The van der Waals surface area contributed by atoms with Gasteiger partial charge in [0.15, 0.2) is 6.73 Å². The van der Waals surface area contributed by atoms with Gasteiger partial charge in [0.2, 0.25) is 0 Å². The van der Waals surface area contributed by atoms with Crippen molar-refractivity contribution < 1.29 is 9.22 Å². The van der Waals surface area contributed by atoms with Crippen molar-refractivity contribution in [2.24, 2.45) is 0 Å². The molecule has 0 aromatic carbocycles. The standard InChI is InChI=1S/C19H42NO/c1-5-7-9-11-12-13-14-15-17-20(3,4)19-21-18-16-10-8-6-2/h5-19H2,1-4H3/q+1. The molecule has 0 bridgehead atoms. The molecule has 0 aromatic heterocycles. The summed E-state index contributed by atoms with van der Waals surface area (Å²) in [5.41, 5.74) is 0. The van der Waals surface area contributed by atoms with Gasteiger partial charge in [-0.15, -0.1) is 0 Å². The number of rotatable bonds is 16. The molecule has 2 heteroatoms. The summed E-state index contributed by atoms with van der Waals surface area (Å²) in [6.45, 7) is 7.61. The molecule has 0 aliphatic carbocycles. The molecule has 0 saturated carbocycles. The maximum Gasteiger partial charge on any atom is 0.182 e. The molecule has 0 amide bonds. The third-order valence-electron chi connectivity index (χ3n) is 4.20. The maximum absolute atomic E-state index is 5.84. The van der Waals surface area contributed by atoms with Gasteiger partial charge >= 0.3 is 0 Å². The van der Waals surface area contributed by atoms with E-state index in [1.807, 2.05) is 0 Å². The quantitative estimate of drug-likeness (QED) is 0.200. The van der Waals surface area contributed by atoms with Crippen LogP contribution in [0.1, 0.15) is 90.9 Å². The fraction of sp³-hybridized carbons (Fsp3) is 1.00. The average molecular weight is 301 g/mol. The second-order valence-corrected chi connectivity index (χ2v) is 7.23. The van der Waals surface area contributed by atoms with Crippen molar-refractivity contribution in [3.63, 3.8) is 0 Å². The van der Waals surface area contributed by atoms with Crippen LogP contribution in [0.2, 0.25) is 0 Å². The molecule has 0 heterocycles. The molecule has 128 valence electrons. The fourth-order valence-corrected chi connectivity index (χ4v) is 2.68. The molecule has 21 heavy (non-hydrogen) atoms. The van der Waals surface area contributed by atoms with Crippen LogP contribution in [0.15, 0.2) is 0 Å². The molecule has 0 aliphatic rings. The molecule has 0 rings (SSSR count). The van der Waals surface area contributed by atoms with Crippen molar-refractivity contribution in [2.75, 3.05) is 34.0 Å². The summed E-state index contributed by atoms with van der Waals surface area (Å²) in [7, 11) is 4.60. The monoisotopic (exact) mass is 300 g/mol. The van der Waals surface area contributed by atoms with Gasteiger partial charge in [0, 0.05) is 0 Å². The van der Waals surface area contributed by atoms with E-state index in [-0.39, 0.29) is 0 Å². The first-order valence-corrected chi connectivity index (χ1v) is 9.52. The lowest BCUT2D eigenvalue weighted by molar-refractivity contribution is -0.909. The largest absolute Gasteiger partial charge is 0.332 e. The zero-order valence-corrected chi connectivity index (χ0v) is 15.5. The zero-order valence-electron chi connectivity index (χ0n) is 15.5. The number of nitrogens with zero attached hydrogens (tertiary/aromatic N) is 1. The summed E-state index contributed by atoms with van der Waals surface area (Å²) in [6.07, 6.45) is 16.4. The van der Waals surface area contributed by atoms with Crippen molar-refractivity contribution >= 4 is 0 Å². The smallest absolute Gasteiger partial charge is 0.182 e. The Kier molecular flexibility index (Phi) is 14.8. The summed E-state index contributed by atoms with van der Waals surface area (Å²) in [6, 6.07) is 0. The van der Waals surface area contributed by atoms with Crippen LogP contribution >= 0.6 is 0 Å². The van der Waals surface area contributed by atoms with E-state index in [0.29, 0.717) is 0 Å². The maximum atomic E-state index is 5.84. The summed E-state index contributed by atoms with van der Waals surface area (Å²) in [5, 5.41) is 0. The van der Waals surface area contributed by atoms with Crippen molar-refractivity contribution in [1.29, 1.82) is 0 Å². The van der Waals surface area contributed by atoms with Crippen LogP contribution in [0.5, 0.6) is 0 Å². The highest BCUT2D eigenvalue weighted by atomic mass is 16.5. The van der Waals surface area contributed by atoms with Gasteiger partial charge in [-0.2, -0.15) is 0 Å². The van der Waals surface area contributed by atoms with E-state index in [4.69, 9.17) is 4.74 Å². The summed E-state index contributed by atoms with van der Waals surface area (Å²) in [4.78, 5) is 0. The van der Waals surface area contributed by atoms with Crippen molar-refractivity contribution in [3.05, 3.63) is 0 Å². The molecule has 0 fully saturated rings. The lowest BCUT2D eigenvalue weighted by Gasteiger charge is -2.29. The Hall–Kier alpha value is -0.0800. The van der Waals surface area contributed by atoms with Gasteiger partial charge in [-0.3, -0.25) is 0 Å². The number of ether oxygens (including phenoxy) is 1. The second kappa shape index (κ2) is 14.8. The van der Waals surface area contributed by atoms with Crippen LogP contribution in [0.4, 0.5) is 0 Å². The van der Waals surface area contributed by atoms with Crippen molar-refractivity contribution in [1.82, 2.24) is 0 Å². The molecule has 2 nitrogen and oxygen atoms in total. The minimum atomic E-state index is 0.878. The molecule has 0 atom stereocenters. The predicted octanol–water partition coefficient (Wildman–Crippen LogP) is 5.76. The van der Waals surface area contributed by atoms with Crippen LogP contribution in [0.3, 0.4) is 0 Å². The Morgan fingerprint density at radius 2 is 1.10 bits per heavy atom. The van der Waals surface area contributed by atoms with E-state index in [1.165, 1.54) is 83.6 Å². The highest BCUT2D eigenvalue weighted by Crippen LogP contribution is 2.10. The van der Waals surface area contributed by atoms with E-state index in [2.05, 4.69) is 27.9 Å². The minimum absolute atomic E-state index is 0.878. The molecule has 0 N–H and O–H groups in total. The lowest BCUT2D eigenvalue weighted by Crippen LogP contribution is -2.42. The molecular weight excluding hydrogens is 258 g/mol. The molecule has 0 unspecified atom stereocenters. The summed E-state index contributed by atoms with van der Waals surface area (Å²) in [5.74, 6) is 0. The topological polar surface area (TPSA) is 9.23 Å². The number of quaternary nitrogens is 1. The van der Waals surface area contributed by atoms with Gasteiger partial charge in [0.05, 0.1) is 27.2 Å². The Bertz CT molecular complexity index is 204. The molecule has 0 saturated heterocycles. The van der Waals surface area contributed by atoms with Gasteiger partial charge in [-0.05, 0) is 19.3 Å². The average Bonchev–Trinajstić information content (AvgIpc) is 2.45. The van der Waals surface area contributed by atoms with Crippen LogP contribution in [0, 0.1) is 0 Å². The van der Waals surface area contributed by atoms with Gasteiger partial charge < -0.3 is 9.22 Å². The van der Waals surface area contributed by atoms with Gasteiger partial charge in [-0.1, -0.05) is 71.6 Å². The van der Waals surface area contributed by atoms with Gasteiger partial charge in [-0.25, -0.2) is 0 Å². The van der Waals surface area contributed by atoms with E-state index in [0.717, 1.165) is 17.8 Å². The molecule has 0 spiro atoms. The number of unbranched alkanes of at least 4 members (excludes halogenated alkanes) is 10. The van der Waals surface area contributed by atoms with Crippen LogP contribution in [0.25, 0.3) is 0 Å². The fourth-order valence-electron chi connectivity index (χ4n) is 2.68. The number of hydrogen-bond acceptors (Lipinski definition) is 1. The first-order chi connectivity index (χ1) is 10.1. The molecule has 0 aliphatic heterocycles. The Morgan fingerprint density at radius 3 is 1.67 bits per heavy atom. The van der Waals surface area contributed by atoms with Crippen molar-refractivity contribution in [2.45, 2.75) is 90.9 Å². The second-order valence-electron chi connectivity index (χ2n) is 7.23. The predicted molar refractivity (Wildman–Crippen MR) is 94.5 cm³/mol.